The molecule has 0 spiro atoms. The molecule has 1 aliphatic heterocycles. The van der Waals surface area contributed by atoms with Crippen molar-refractivity contribution >= 4 is 34.6 Å². The van der Waals surface area contributed by atoms with Gasteiger partial charge in [0, 0.05) is 39.1 Å². The molecule has 3 aromatic carbocycles. The molecule has 3 aromatic rings. The van der Waals surface area contributed by atoms with Gasteiger partial charge in [0.1, 0.15) is 23.0 Å². The van der Waals surface area contributed by atoms with E-state index in [0.29, 0.717) is 38.0 Å². The van der Waals surface area contributed by atoms with Gasteiger partial charge in [-0.15, -0.1) is 0 Å². The Kier molecular flexibility index (Phi) is 12.0. The maximum absolute atomic E-state index is 14.3. The van der Waals surface area contributed by atoms with Gasteiger partial charge >= 0.3 is 6.09 Å². The van der Waals surface area contributed by atoms with Gasteiger partial charge in [-0.3, -0.25) is 19.3 Å². The van der Waals surface area contributed by atoms with Crippen LogP contribution in [-0.4, -0.2) is 89.6 Å². The summed E-state index contributed by atoms with van der Waals surface area (Å²) >= 11 is 0. The Labute approximate surface area is 288 Å². The monoisotopic (exact) mass is 675 g/mol. The van der Waals surface area contributed by atoms with E-state index in [0.717, 1.165) is 16.3 Å². The smallest absolute Gasteiger partial charge is 0.408 e. The molecule has 1 heterocycles. The summed E-state index contributed by atoms with van der Waals surface area (Å²) in [5.74, 6) is -1.36. The molecule has 0 radical (unpaired) electrons. The second kappa shape index (κ2) is 15.8. The first-order valence-corrected chi connectivity index (χ1v) is 16.9. The predicted octanol–water partition coefficient (Wildman–Crippen LogP) is 4.59. The highest BCUT2D eigenvalue weighted by atomic mass is 19.1. The third kappa shape index (κ3) is 10.0. The van der Waals surface area contributed by atoms with Crippen LogP contribution in [0.5, 0.6) is 0 Å². The van der Waals surface area contributed by atoms with E-state index in [2.05, 4.69) is 51.2 Å². The predicted molar refractivity (Wildman–Crippen MR) is 188 cm³/mol. The lowest BCUT2D eigenvalue weighted by Crippen LogP contribution is -2.64. The number of carbonyl (C=O) groups excluding carboxylic acids is 4. The van der Waals surface area contributed by atoms with E-state index in [-0.39, 0.29) is 24.3 Å². The minimum Gasteiger partial charge on any atom is -0.444 e. The van der Waals surface area contributed by atoms with Crippen molar-refractivity contribution in [1.29, 1.82) is 0 Å². The van der Waals surface area contributed by atoms with Crippen molar-refractivity contribution in [1.82, 2.24) is 25.8 Å². The van der Waals surface area contributed by atoms with Gasteiger partial charge in [0.25, 0.3) is 0 Å². The Morgan fingerprint density at radius 1 is 0.898 bits per heavy atom. The molecule has 0 aromatic heterocycles. The van der Waals surface area contributed by atoms with Crippen LogP contribution in [0.3, 0.4) is 0 Å². The lowest BCUT2D eigenvalue weighted by molar-refractivity contribution is -0.143. The Hall–Kier alpha value is -4.51. The van der Waals surface area contributed by atoms with E-state index < -0.39 is 41.0 Å². The quantitative estimate of drug-likeness (QED) is 0.274. The Morgan fingerprint density at radius 2 is 1.55 bits per heavy atom. The highest BCUT2D eigenvalue weighted by molar-refractivity contribution is 5.94. The third-order valence-electron chi connectivity index (χ3n) is 8.84. The second-order valence-corrected chi connectivity index (χ2v) is 14.2. The minimum absolute atomic E-state index is 0.0936. The summed E-state index contributed by atoms with van der Waals surface area (Å²) in [4.78, 5) is 57.6. The molecule has 1 aliphatic rings. The summed E-state index contributed by atoms with van der Waals surface area (Å²) in [5.41, 5.74) is -0.458. The highest BCUT2D eigenvalue weighted by Crippen LogP contribution is 2.23. The van der Waals surface area contributed by atoms with Gasteiger partial charge < -0.3 is 25.6 Å². The van der Waals surface area contributed by atoms with E-state index >= 15 is 0 Å². The number of hydrogen-bond acceptors (Lipinski definition) is 6. The molecule has 0 aliphatic carbocycles. The fourth-order valence-corrected chi connectivity index (χ4v) is 6.16. The van der Waals surface area contributed by atoms with E-state index in [1.807, 2.05) is 19.1 Å². The number of rotatable bonds is 11. The second-order valence-electron chi connectivity index (χ2n) is 14.2. The average Bonchev–Trinajstić information content (AvgIpc) is 3.05. The lowest BCUT2D eigenvalue weighted by atomic mass is 9.97. The number of nitrogens with zero attached hydrogens (tertiary/aromatic N) is 2. The van der Waals surface area contributed by atoms with Gasteiger partial charge in [-0.05, 0) is 81.5 Å². The summed E-state index contributed by atoms with van der Waals surface area (Å²) < 4.78 is 19.1. The normalized spacial score (nSPS) is 16.8. The molecule has 11 heteroatoms. The molecule has 4 amide bonds. The van der Waals surface area contributed by atoms with Crippen LogP contribution in [0.1, 0.15) is 59.1 Å². The van der Waals surface area contributed by atoms with Crippen molar-refractivity contribution < 1.29 is 28.3 Å². The van der Waals surface area contributed by atoms with Crippen LogP contribution in [0, 0.1) is 5.82 Å². The van der Waals surface area contributed by atoms with E-state index in [1.54, 1.807) is 44.9 Å². The number of fused-ring (bicyclic) bond motifs is 1. The molecule has 0 bridgehead atoms. The Bertz CT molecular complexity index is 1640. The van der Waals surface area contributed by atoms with Crippen LogP contribution in [0.25, 0.3) is 10.8 Å². The zero-order chi connectivity index (χ0) is 35.9. The molecule has 3 atom stereocenters. The SMILES string of the molecule is CCC1CN(C(Cc2ccc3ccccc3c2)C(=O)NC)CCN1C(=O)C(Cc1ccc(F)cc1)NC(=O)C(C)(C)NC(=O)OC(C)(C)C. The summed E-state index contributed by atoms with van der Waals surface area (Å²) in [5, 5.41) is 10.5. The Balaban J connectivity index is 1.53. The molecule has 4 rings (SSSR count). The van der Waals surface area contributed by atoms with Crippen LogP contribution < -0.4 is 16.0 Å². The van der Waals surface area contributed by atoms with Crippen LogP contribution in [0.2, 0.25) is 0 Å². The van der Waals surface area contributed by atoms with Gasteiger partial charge in [0.05, 0.1) is 6.04 Å². The third-order valence-corrected chi connectivity index (χ3v) is 8.84. The van der Waals surface area contributed by atoms with E-state index in [9.17, 15) is 23.6 Å². The number of alkyl carbamates (subject to hydrolysis) is 1. The van der Waals surface area contributed by atoms with Crippen LogP contribution in [-0.2, 0) is 32.0 Å². The lowest BCUT2D eigenvalue weighted by Gasteiger charge is -2.45. The van der Waals surface area contributed by atoms with Gasteiger partial charge in [0.15, 0.2) is 0 Å². The first-order chi connectivity index (χ1) is 23.1. The number of hydrogen-bond donors (Lipinski definition) is 3. The zero-order valence-electron chi connectivity index (χ0n) is 29.6. The number of likely N-dealkylation sites (N-methyl/N-ethyl adjacent to an activating group) is 1. The number of carbonyl (C=O) groups is 4. The van der Waals surface area contributed by atoms with E-state index in [4.69, 9.17) is 4.74 Å². The molecule has 49 heavy (non-hydrogen) atoms. The fourth-order valence-electron chi connectivity index (χ4n) is 6.16. The Morgan fingerprint density at radius 3 is 2.18 bits per heavy atom. The molecule has 1 saturated heterocycles. The first-order valence-electron chi connectivity index (χ1n) is 16.9. The number of benzene rings is 3. The molecular formula is C38H50FN5O5. The molecule has 10 nitrogen and oxygen atoms in total. The molecule has 1 fully saturated rings. The van der Waals surface area contributed by atoms with Crippen molar-refractivity contribution in [3.63, 3.8) is 0 Å². The average molecular weight is 676 g/mol. The summed E-state index contributed by atoms with van der Waals surface area (Å²) in [7, 11) is 1.63. The summed E-state index contributed by atoms with van der Waals surface area (Å²) in [6, 6.07) is 18.5. The molecule has 3 unspecified atom stereocenters. The van der Waals surface area contributed by atoms with Gasteiger partial charge in [-0.2, -0.15) is 0 Å². The summed E-state index contributed by atoms with van der Waals surface area (Å²) in [6.45, 7) is 11.5. The number of halogens is 1. The van der Waals surface area contributed by atoms with Crippen molar-refractivity contribution in [3.8, 4) is 0 Å². The van der Waals surface area contributed by atoms with Crippen molar-refractivity contribution in [2.24, 2.45) is 0 Å². The van der Waals surface area contributed by atoms with Crippen LogP contribution >= 0.6 is 0 Å². The molecule has 0 saturated carbocycles. The van der Waals surface area contributed by atoms with E-state index in [1.165, 1.54) is 26.0 Å². The first kappa shape index (κ1) is 37.3. The number of nitrogens with one attached hydrogen (secondary N) is 3. The number of ether oxygens (including phenoxy) is 1. The largest absolute Gasteiger partial charge is 0.444 e. The van der Waals surface area contributed by atoms with Crippen molar-refractivity contribution in [3.05, 3.63) is 83.7 Å². The van der Waals surface area contributed by atoms with Gasteiger partial charge in [-0.1, -0.05) is 61.5 Å². The topological polar surface area (TPSA) is 120 Å². The van der Waals surface area contributed by atoms with Crippen LogP contribution in [0.4, 0.5) is 9.18 Å². The van der Waals surface area contributed by atoms with Crippen molar-refractivity contribution in [2.45, 2.75) is 90.1 Å². The summed E-state index contributed by atoms with van der Waals surface area (Å²) in [6.07, 6.45) is 0.498. The standard InChI is InChI=1S/C38H50FN5O5/c1-8-30-24-43(32(33(45)40-7)23-26-13-16-27-11-9-10-12-28(27)21-26)19-20-44(30)34(46)31(22-25-14-17-29(39)18-15-25)41-35(47)38(5,6)42-36(48)49-37(2,3)4/h9-18,21,30-32H,8,19-20,22-24H2,1-7H3,(H,40,45)(H,41,47)(H,42,48). The molecule has 3 N–H and O–H groups in total. The zero-order valence-corrected chi connectivity index (χ0v) is 29.6. The molecular weight excluding hydrogens is 625 g/mol. The van der Waals surface area contributed by atoms with Crippen molar-refractivity contribution in [2.75, 3.05) is 26.7 Å². The number of amides is 4. The maximum atomic E-state index is 14.3. The van der Waals surface area contributed by atoms with Gasteiger partial charge in [-0.25, -0.2) is 9.18 Å². The minimum atomic E-state index is -1.41. The molecule has 264 valence electrons. The highest BCUT2D eigenvalue weighted by Gasteiger charge is 2.40. The number of piperazine rings is 1. The van der Waals surface area contributed by atoms with Crippen LogP contribution in [0.15, 0.2) is 66.7 Å². The fraction of sp³-hybridized carbons (Fsp3) is 0.474. The van der Waals surface area contributed by atoms with Gasteiger partial charge in [0.2, 0.25) is 17.7 Å². The maximum Gasteiger partial charge on any atom is 0.408 e.